The maximum atomic E-state index is 11.1. The first kappa shape index (κ1) is 10.7. The molecular weight excluding hydrogens is 196 g/mol. The van der Waals surface area contributed by atoms with Crippen LogP contribution in [-0.4, -0.2) is 18.1 Å². The smallest absolute Gasteiger partial charge is 0.340 e. The molecular formula is C9H8N4O2. The lowest BCUT2D eigenvalue weighted by Crippen LogP contribution is -2.02. The van der Waals surface area contributed by atoms with Crippen molar-refractivity contribution in [3.63, 3.8) is 0 Å². The molecule has 0 saturated heterocycles. The first-order chi connectivity index (χ1) is 7.27. The number of rotatable bonds is 3. The van der Waals surface area contributed by atoms with Crippen molar-refractivity contribution in [2.75, 3.05) is 7.11 Å². The fourth-order valence-corrected chi connectivity index (χ4v) is 0.883. The summed E-state index contributed by atoms with van der Waals surface area (Å²) >= 11 is 0. The lowest BCUT2D eigenvalue weighted by Gasteiger charge is -1.97. The van der Waals surface area contributed by atoms with Gasteiger partial charge in [-0.1, -0.05) is 11.2 Å². The Hall–Kier alpha value is -2.33. The summed E-state index contributed by atoms with van der Waals surface area (Å²) in [5, 5.41) is 3.22. The fourth-order valence-electron chi connectivity index (χ4n) is 0.883. The minimum Gasteiger partial charge on any atom is -0.466 e. The van der Waals surface area contributed by atoms with Crippen LogP contribution in [0.2, 0.25) is 0 Å². The summed E-state index contributed by atoms with van der Waals surface area (Å²) in [6, 6.07) is 5.17. The van der Waals surface area contributed by atoms with E-state index in [2.05, 4.69) is 19.7 Å². The average molecular weight is 204 g/mol. The Balaban J connectivity index is 3.04. The van der Waals surface area contributed by atoms with Gasteiger partial charge in [0.15, 0.2) is 0 Å². The molecule has 0 aromatic carbocycles. The molecule has 0 fully saturated rings. The summed E-state index contributed by atoms with van der Waals surface area (Å²) in [5.41, 5.74) is 8.64. The molecule has 0 spiro atoms. The van der Waals surface area contributed by atoms with Gasteiger partial charge in [0.2, 0.25) is 0 Å². The monoisotopic (exact) mass is 204 g/mol. The molecule has 1 heterocycles. The molecule has 15 heavy (non-hydrogen) atoms. The van der Waals surface area contributed by atoms with Crippen molar-refractivity contribution in [2.24, 2.45) is 5.11 Å². The quantitative estimate of drug-likeness (QED) is 0.247. The van der Waals surface area contributed by atoms with Gasteiger partial charge in [-0.2, -0.15) is 0 Å². The molecule has 1 rings (SSSR count). The molecule has 76 valence electrons. The third kappa shape index (κ3) is 3.13. The highest BCUT2D eigenvalue weighted by Gasteiger charge is 2.07. The molecule has 0 aliphatic heterocycles. The van der Waals surface area contributed by atoms with Gasteiger partial charge in [0.25, 0.3) is 0 Å². The number of carbonyl (C=O) groups is 1. The van der Waals surface area contributed by atoms with Gasteiger partial charge in [-0.3, -0.25) is 4.98 Å². The van der Waals surface area contributed by atoms with Gasteiger partial charge in [-0.25, -0.2) is 4.79 Å². The van der Waals surface area contributed by atoms with Crippen molar-refractivity contribution in [1.29, 1.82) is 0 Å². The molecule has 0 N–H and O–H groups in total. The lowest BCUT2D eigenvalue weighted by molar-refractivity contribution is -0.136. The molecule has 0 radical (unpaired) electrons. The van der Waals surface area contributed by atoms with Gasteiger partial charge in [-0.15, -0.1) is 0 Å². The largest absolute Gasteiger partial charge is 0.466 e. The normalized spacial score (nSPS) is 10.3. The van der Waals surface area contributed by atoms with Crippen molar-refractivity contribution in [2.45, 2.75) is 0 Å². The number of nitrogens with zero attached hydrogens (tertiary/aromatic N) is 4. The third-order valence-electron chi connectivity index (χ3n) is 1.52. The van der Waals surface area contributed by atoms with Crippen molar-refractivity contribution in [3.05, 3.63) is 46.2 Å². The number of aromatic nitrogens is 1. The summed E-state index contributed by atoms with van der Waals surface area (Å²) in [7, 11) is 1.21. The highest BCUT2D eigenvalue weighted by Crippen LogP contribution is 2.06. The van der Waals surface area contributed by atoms with Crippen LogP contribution < -0.4 is 0 Å². The van der Waals surface area contributed by atoms with E-state index in [1.165, 1.54) is 13.2 Å². The number of azide groups is 1. The highest BCUT2D eigenvalue weighted by atomic mass is 16.5. The van der Waals surface area contributed by atoms with E-state index < -0.39 is 5.97 Å². The predicted molar refractivity (Wildman–Crippen MR) is 53.4 cm³/mol. The number of hydrogen-bond donors (Lipinski definition) is 0. The number of methoxy groups -OCH3 is 1. The average Bonchev–Trinajstić information content (AvgIpc) is 2.29. The number of carbonyl (C=O) groups excluding carboxylic acids is 1. The second-order valence-electron chi connectivity index (χ2n) is 2.47. The molecule has 6 heteroatoms. The van der Waals surface area contributed by atoms with Crippen LogP contribution in [0.5, 0.6) is 0 Å². The van der Waals surface area contributed by atoms with Gasteiger partial charge in [-0.05, 0) is 23.7 Å². The Bertz CT molecular complexity index is 421. The van der Waals surface area contributed by atoms with Crippen LogP contribution in [-0.2, 0) is 9.53 Å². The van der Waals surface area contributed by atoms with Crippen molar-refractivity contribution in [3.8, 4) is 0 Å². The van der Waals surface area contributed by atoms with Gasteiger partial charge < -0.3 is 4.74 Å². The first-order valence-corrected chi connectivity index (χ1v) is 4.04. The predicted octanol–water partition coefficient (Wildman–Crippen LogP) is 1.91. The molecule has 0 unspecified atom stereocenters. The Morgan fingerprint density at radius 3 is 3.00 bits per heavy atom. The zero-order valence-electron chi connectivity index (χ0n) is 7.99. The molecule has 0 aliphatic carbocycles. The molecule has 6 nitrogen and oxygen atoms in total. The molecule has 0 saturated carbocycles. The fraction of sp³-hybridized carbons (Fsp3) is 0.111. The van der Waals surface area contributed by atoms with Crippen LogP contribution in [0, 0.1) is 0 Å². The van der Waals surface area contributed by atoms with Crippen LogP contribution in [0.3, 0.4) is 0 Å². The number of ether oxygens (including phenoxy) is 1. The Morgan fingerprint density at radius 2 is 2.47 bits per heavy atom. The van der Waals surface area contributed by atoms with Gasteiger partial charge in [0.05, 0.1) is 12.8 Å². The minimum atomic E-state index is -0.696. The van der Waals surface area contributed by atoms with Crippen LogP contribution in [0.4, 0.5) is 0 Å². The maximum Gasteiger partial charge on any atom is 0.340 e. The Labute approximate surface area is 85.8 Å². The number of esters is 1. The van der Waals surface area contributed by atoms with E-state index in [0.29, 0.717) is 5.69 Å². The Morgan fingerprint density at radius 1 is 1.67 bits per heavy atom. The molecule has 1 aromatic rings. The van der Waals surface area contributed by atoms with Gasteiger partial charge in [0, 0.05) is 11.1 Å². The van der Waals surface area contributed by atoms with E-state index in [4.69, 9.17) is 5.53 Å². The van der Waals surface area contributed by atoms with E-state index in [1.54, 1.807) is 24.4 Å². The van der Waals surface area contributed by atoms with Gasteiger partial charge >= 0.3 is 5.97 Å². The van der Waals surface area contributed by atoms with Crippen molar-refractivity contribution >= 4 is 12.0 Å². The third-order valence-corrected chi connectivity index (χ3v) is 1.52. The number of hydrogen-bond acceptors (Lipinski definition) is 4. The molecule has 0 aliphatic rings. The molecule has 0 bridgehead atoms. The standard InChI is InChI=1S/C9H8N4O2/c1-15-9(14)8(12-13-10)6-7-4-2-3-5-11-7/h2-6H,1H3/b8-6-. The second kappa shape index (κ2) is 5.41. The zero-order chi connectivity index (χ0) is 11.1. The zero-order valence-corrected chi connectivity index (χ0v) is 7.99. The van der Waals surface area contributed by atoms with Crippen LogP contribution >= 0.6 is 0 Å². The van der Waals surface area contributed by atoms with Crippen LogP contribution in [0.1, 0.15) is 5.69 Å². The van der Waals surface area contributed by atoms with Gasteiger partial charge in [0.1, 0.15) is 5.70 Å². The summed E-state index contributed by atoms with van der Waals surface area (Å²) in [5.74, 6) is -0.696. The van der Waals surface area contributed by atoms with Crippen LogP contribution in [0.25, 0.3) is 16.5 Å². The molecule has 1 aromatic heterocycles. The maximum absolute atomic E-state index is 11.1. The van der Waals surface area contributed by atoms with E-state index in [-0.39, 0.29) is 5.70 Å². The summed E-state index contributed by atoms with van der Waals surface area (Å²) < 4.78 is 4.44. The minimum absolute atomic E-state index is 0.126. The SMILES string of the molecule is COC(=O)/C(=C/c1ccccn1)N=[N+]=[N-]. The van der Waals surface area contributed by atoms with E-state index in [0.717, 1.165) is 0 Å². The summed E-state index contributed by atoms with van der Waals surface area (Å²) in [6.07, 6.45) is 2.92. The highest BCUT2D eigenvalue weighted by molar-refractivity contribution is 5.92. The van der Waals surface area contributed by atoms with E-state index in [9.17, 15) is 4.79 Å². The van der Waals surface area contributed by atoms with Crippen molar-refractivity contribution in [1.82, 2.24) is 4.98 Å². The van der Waals surface area contributed by atoms with Crippen molar-refractivity contribution < 1.29 is 9.53 Å². The summed E-state index contributed by atoms with van der Waals surface area (Å²) in [4.78, 5) is 17.6. The Kier molecular flexibility index (Phi) is 3.88. The second-order valence-corrected chi connectivity index (χ2v) is 2.47. The summed E-state index contributed by atoms with van der Waals surface area (Å²) in [6.45, 7) is 0. The molecule has 0 amide bonds. The van der Waals surface area contributed by atoms with Crippen LogP contribution in [0.15, 0.2) is 35.2 Å². The number of pyridine rings is 1. The first-order valence-electron chi connectivity index (χ1n) is 4.04. The molecule has 0 atom stereocenters. The van der Waals surface area contributed by atoms with E-state index in [1.807, 2.05) is 0 Å². The lowest BCUT2D eigenvalue weighted by atomic mass is 10.3. The van der Waals surface area contributed by atoms with E-state index >= 15 is 0 Å². The topological polar surface area (TPSA) is 88.0 Å².